The Balaban J connectivity index is 1.96. The number of ether oxygens (including phenoxy) is 1. The molecule has 0 bridgehead atoms. The second-order valence-corrected chi connectivity index (χ2v) is 6.11. The van der Waals surface area contributed by atoms with Gasteiger partial charge in [-0.15, -0.1) is 0 Å². The first-order chi connectivity index (χ1) is 11.0. The van der Waals surface area contributed by atoms with Crippen molar-refractivity contribution in [2.45, 2.75) is 33.3 Å². The zero-order valence-electron chi connectivity index (χ0n) is 14.0. The van der Waals surface area contributed by atoms with Crippen LogP contribution in [0.25, 0.3) is 16.5 Å². The lowest BCUT2D eigenvalue weighted by Gasteiger charge is -2.19. The Morgan fingerprint density at radius 3 is 3.00 bits per heavy atom. The molecule has 1 aliphatic rings. The Morgan fingerprint density at radius 2 is 2.35 bits per heavy atom. The average Bonchev–Trinajstić information content (AvgIpc) is 3.11. The summed E-state index contributed by atoms with van der Waals surface area (Å²) in [5.74, 6) is 0.838. The van der Waals surface area contributed by atoms with Crippen LogP contribution >= 0.6 is 0 Å². The molecule has 0 radical (unpaired) electrons. The number of rotatable bonds is 4. The molecule has 3 rings (SSSR count). The third kappa shape index (κ3) is 3.06. The number of hydrogen-bond acceptors (Lipinski definition) is 4. The predicted octanol–water partition coefficient (Wildman–Crippen LogP) is 2.29. The molecule has 2 aromatic heterocycles. The Hall–Kier alpha value is -2.37. The number of carbonyl (C=O) groups is 1. The van der Waals surface area contributed by atoms with Crippen LogP contribution < -0.4 is 10.1 Å². The molecule has 6 heteroatoms. The highest BCUT2D eigenvalue weighted by Crippen LogP contribution is 2.29. The number of fused-ring (bicyclic) bond motifs is 1. The highest BCUT2D eigenvalue weighted by atomic mass is 16.5. The van der Waals surface area contributed by atoms with Crippen molar-refractivity contribution in [3.63, 3.8) is 0 Å². The van der Waals surface area contributed by atoms with E-state index in [4.69, 9.17) is 4.74 Å². The van der Waals surface area contributed by atoms with Gasteiger partial charge in [-0.05, 0) is 32.4 Å². The summed E-state index contributed by atoms with van der Waals surface area (Å²) in [7, 11) is 1.88. The van der Waals surface area contributed by atoms with E-state index in [0.717, 1.165) is 22.2 Å². The van der Waals surface area contributed by atoms with Crippen LogP contribution in [0, 0.1) is 5.92 Å². The SMILES string of the molecule is CC=C(C)c1cc2nn(C)cc2c(OC(C)C2CNC(=O)C2)n1. The van der Waals surface area contributed by atoms with Crippen LogP contribution in [0.5, 0.6) is 5.88 Å². The Morgan fingerprint density at radius 1 is 1.57 bits per heavy atom. The standard InChI is InChI=1S/C17H22N4O2/c1-5-10(2)14-7-15-13(9-21(4)20-15)17(19-14)23-11(3)12-6-16(22)18-8-12/h5,7,9,11-12H,6,8H2,1-4H3,(H,18,22). The molecule has 1 aliphatic heterocycles. The molecule has 0 aromatic carbocycles. The molecule has 0 spiro atoms. The minimum Gasteiger partial charge on any atom is -0.474 e. The summed E-state index contributed by atoms with van der Waals surface area (Å²) < 4.78 is 7.89. The summed E-state index contributed by atoms with van der Waals surface area (Å²) in [6.07, 6.45) is 4.34. The van der Waals surface area contributed by atoms with Crippen molar-refractivity contribution >= 4 is 22.4 Å². The molecular formula is C17H22N4O2. The summed E-state index contributed by atoms with van der Waals surface area (Å²) in [6.45, 7) is 6.65. The second kappa shape index (κ2) is 6.02. The number of aryl methyl sites for hydroxylation is 1. The van der Waals surface area contributed by atoms with E-state index in [1.807, 2.05) is 46.2 Å². The van der Waals surface area contributed by atoms with Crippen LogP contribution in [0.4, 0.5) is 0 Å². The lowest BCUT2D eigenvalue weighted by molar-refractivity contribution is -0.119. The fourth-order valence-electron chi connectivity index (χ4n) is 2.78. The van der Waals surface area contributed by atoms with Crippen LogP contribution in [0.3, 0.4) is 0 Å². The van der Waals surface area contributed by atoms with Gasteiger partial charge in [-0.1, -0.05) is 6.08 Å². The maximum Gasteiger partial charge on any atom is 0.225 e. The number of allylic oxidation sites excluding steroid dienone is 2. The fourth-order valence-corrected chi connectivity index (χ4v) is 2.78. The van der Waals surface area contributed by atoms with Crippen molar-refractivity contribution in [2.75, 3.05) is 6.54 Å². The Bertz CT molecular complexity index is 778. The summed E-state index contributed by atoms with van der Waals surface area (Å²) in [5, 5.41) is 8.22. The third-order valence-electron chi connectivity index (χ3n) is 4.39. The van der Waals surface area contributed by atoms with Gasteiger partial charge >= 0.3 is 0 Å². The van der Waals surface area contributed by atoms with Gasteiger partial charge in [-0.3, -0.25) is 9.48 Å². The van der Waals surface area contributed by atoms with E-state index >= 15 is 0 Å². The highest BCUT2D eigenvalue weighted by molar-refractivity contribution is 5.85. The maximum atomic E-state index is 11.4. The van der Waals surface area contributed by atoms with Crippen LogP contribution in [-0.2, 0) is 11.8 Å². The first-order valence-electron chi connectivity index (χ1n) is 7.89. The van der Waals surface area contributed by atoms with Crippen molar-refractivity contribution in [2.24, 2.45) is 13.0 Å². The molecule has 0 saturated carbocycles. The van der Waals surface area contributed by atoms with Gasteiger partial charge in [0.05, 0.1) is 16.6 Å². The van der Waals surface area contributed by atoms with Crippen LogP contribution in [0.1, 0.15) is 32.9 Å². The first-order valence-corrected chi connectivity index (χ1v) is 7.89. The summed E-state index contributed by atoms with van der Waals surface area (Å²) in [6, 6.07) is 1.98. The van der Waals surface area contributed by atoms with Crippen molar-refractivity contribution in [1.82, 2.24) is 20.1 Å². The number of aromatic nitrogens is 3. The lowest BCUT2D eigenvalue weighted by atomic mass is 10.0. The number of amides is 1. The second-order valence-electron chi connectivity index (χ2n) is 6.11. The summed E-state index contributed by atoms with van der Waals surface area (Å²) in [4.78, 5) is 16.1. The van der Waals surface area contributed by atoms with Gasteiger partial charge in [0, 0.05) is 32.1 Å². The van der Waals surface area contributed by atoms with E-state index in [0.29, 0.717) is 18.8 Å². The largest absolute Gasteiger partial charge is 0.474 e. The molecule has 1 fully saturated rings. The molecule has 2 atom stereocenters. The van der Waals surface area contributed by atoms with Crippen molar-refractivity contribution in [3.8, 4) is 5.88 Å². The molecule has 1 saturated heterocycles. The van der Waals surface area contributed by atoms with E-state index in [1.165, 1.54) is 0 Å². The molecular weight excluding hydrogens is 292 g/mol. The van der Waals surface area contributed by atoms with E-state index in [2.05, 4.69) is 15.4 Å². The Kier molecular flexibility index (Phi) is 4.07. The van der Waals surface area contributed by atoms with Crippen LogP contribution in [0.2, 0.25) is 0 Å². The zero-order valence-corrected chi connectivity index (χ0v) is 14.0. The number of nitrogens with zero attached hydrogens (tertiary/aromatic N) is 3. The number of nitrogens with one attached hydrogen (secondary N) is 1. The molecule has 2 aromatic rings. The Labute approximate surface area is 135 Å². The maximum absolute atomic E-state index is 11.4. The zero-order chi connectivity index (χ0) is 16.6. The van der Waals surface area contributed by atoms with Crippen molar-refractivity contribution in [3.05, 3.63) is 24.0 Å². The van der Waals surface area contributed by atoms with E-state index < -0.39 is 0 Å². The third-order valence-corrected chi connectivity index (χ3v) is 4.39. The number of hydrogen-bond donors (Lipinski definition) is 1. The molecule has 1 amide bonds. The van der Waals surface area contributed by atoms with Gasteiger partial charge in [0.2, 0.25) is 11.8 Å². The molecule has 6 nitrogen and oxygen atoms in total. The van der Waals surface area contributed by atoms with E-state index in [9.17, 15) is 4.79 Å². The van der Waals surface area contributed by atoms with E-state index in [1.54, 1.807) is 4.68 Å². The minimum absolute atomic E-state index is 0.0865. The number of pyridine rings is 1. The van der Waals surface area contributed by atoms with Crippen LogP contribution in [-0.4, -0.2) is 33.3 Å². The molecule has 2 unspecified atom stereocenters. The highest BCUT2D eigenvalue weighted by Gasteiger charge is 2.28. The lowest BCUT2D eigenvalue weighted by Crippen LogP contribution is -2.26. The quantitative estimate of drug-likeness (QED) is 0.940. The first kappa shape index (κ1) is 15.5. The van der Waals surface area contributed by atoms with Crippen molar-refractivity contribution < 1.29 is 9.53 Å². The predicted molar refractivity (Wildman–Crippen MR) is 89.0 cm³/mol. The summed E-state index contributed by atoms with van der Waals surface area (Å²) in [5.41, 5.74) is 2.80. The monoisotopic (exact) mass is 314 g/mol. The van der Waals surface area contributed by atoms with Gasteiger partial charge in [0.15, 0.2) is 0 Å². The number of carbonyl (C=O) groups excluding carboxylic acids is 1. The summed E-state index contributed by atoms with van der Waals surface area (Å²) >= 11 is 0. The molecule has 3 heterocycles. The van der Waals surface area contributed by atoms with Crippen LogP contribution in [0.15, 0.2) is 18.3 Å². The molecule has 23 heavy (non-hydrogen) atoms. The molecule has 0 aliphatic carbocycles. The van der Waals surface area contributed by atoms with Crippen molar-refractivity contribution in [1.29, 1.82) is 0 Å². The van der Waals surface area contributed by atoms with Gasteiger partial charge in [0.25, 0.3) is 0 Å². The fraction of sp³-hybridized carbons (Fsp3) is 0.471. The van der Waals surface area contributed by atoms with E-state index in [-0.39, 0.29) is 17.9 Å². The van der Waals surface area contributed by atoms with Gasteiger partial charge in [-0.25, -0.2) is 4.98 Å². The van der Waals surface area contributed by atoms with Gasteiger partial charge in [-0.2, -0.15) is 5.10 Å². The smallest absolute Gasteiger partial charge is 0.225 e. The van der Waals surface area contributed by atoms with Gasteiger partial charge < -0.3 is 10.1 Å². The van der Waals surface area contributed by atoms with Gasteiger partial charge in [0.1, 0.15) is 6.10 Å². The minimum atomic E-state index is -0.0916. The topological polar surface area (TPSA) is 69.0 Å². The molecule has 1 N–H and O–H groups in total. The average molecular weight is 314 g/mol. The normalized spacial score (nSPS) is 19.9. The molecule has 122 valence electrons.